The zero-order chi connectivity index (χ0) is 22.8. The lowest BCUT2D eigenvalue weighted by Crippen LogP contribution is -2.37. The monoisotopic (exact) mass is 446 g/mol. The average molecular weight is 447 g/mol. The molecular weight excluding hydrogens is 420 g/mol. The van der Waals surface area contributed by atoms with E-state index in [1.165, 1.54) is 26.2 Å². The highest BCUT2D eigenvalue weighted by Gasteiger charge is 2.24. The fraction of sp³-hybridized carbons (Fsp3) is 0.333. The first-order valence-corrected chi connectivity index (χ1v) is 11.2. The predicted octanol–water partition coefficient (Wildman–Crippen LogP) is 1.43. The molecule has 0 aromatic heterocycles. The van der Waals surface area contributed by atoms with E-state index in [9.17, 15) is 18.0 Å². The summed E-state index contributed by atoms with van der Waals surface area (Å²) in [6.07, 6.45) is 0. The molecular formula is C21H26N4O5S. The first kappa shape index (κ1) is 22.7. The van der Waals surface area contributed by atoms with Crippen LogP contribution in [0.5, 0.6) is 0 Å². The number of ether oxygens (including phenoxy) is 1. The summed E-state index contributed by atoms with van der Waals surface area (Å²) in [7, 11) is -0.839. The minimum absolute atomic E-state index is 0.0277. The van der Waals surface area contributed by atoms with E-state index >= 15 is 0 Å². The van der Waals surface area contributed by atoms with Crippen LogP contribution in [-0.2, 0) is 14.8 Å². The van der Waals surface area contributed by atoms with Gasteiger partial charge in [-0.1, -0.05) is 0 Å². The fourth-order valence-corrected chi connectivity index (χ4v) is 4.29. The van der Waals surface area contributed by atoms with Crippen LogP contribution in [0.3, 0.4) is 0 Å². The normalized spacial score (nSPS) is 14.5. The van der Waals surface area contributed by atoms with Crippen molar-refractivity contribution in [3.63, 3.8) is 0 Å². The molecule has 10 heteroatoms. The topological polar surface area (TPSA) is 122 Å². The first-order chi connectivity index (χ1) is 14.6. The summed E-state index contributed by atoms with van der Waals surface area (Å²) < 4.78 is 31.7. The van der Waals surface area contributed by atoms with E-state index in [0.29, 0.717) is 48.8 Å². The van der Waals surface area contributed by atoms with Gasteiger partial charge in [0, 0.05) is 44.1 Å². The third kappa shape index (κ3) is 4.87. The van der Waals surface area contributed by atoms with Gasteiger partial charge in [0.2, 0.25) is 15.9 Å². The van der Waals surface area contributed by atoms with Crippen LogP contribution in [0.1, 0.15) is 26.3 Å². The molecule has 31 heavy (non-hydrogen) atoms. The number of primary amides is 1. The van der Waals surface area contributed by atoms with Crippen molar-refractivity contribution >= 4 is 33.2 Å². The van der Waals surface area contributed by atoms with Gasteiger partial charge in [-0.15, -0.1) is 0 Å². The Morgan fingerprint density at radius 2 is 1.74 bits per heavy atom. The molecule has 2 amide bonds. The molecule has 0 aliphatic carbocycles. The maximum atomic E-state index is 13.2. The summed E-state index contributed by atoms with van der Waals surface area (Å²) in [5, 5.41) is 2.80. The highest BCUT2D eigenvalue weighted by atomic mass is 32.2. The first-order valence-electron chi connectivity index (χ1n) is 9.72. The molecule has 0 unspecified atom stereocenters. The zero-order valence-electron chi connectivity index (χ0n) is 17.7. The van der Waals surface area contributed by atoms with Crippen LogP contribution in [0, 0.1) is 6.92 Å². The zero-order valence-corrected chi connectivity index (χ0v) is 18.5. The number of sulfonamides is 1. The third-order valence-corrected chi connectivity index (χ3v) is 6.90. The summed E-state index contributed by atoms with van der Waals surface area (Å²) in [4.78, 5) is 26.6. The Hall–Kier alpha value is -2.95. The van der Waals surface area contributed by atoms with Crippen LogP contribution in [0.2, 0.25) is 0 Å². The van der Waals surface area contributed by atoms with Gasteiger partial charge in [0.25, 0.3) is 5.91 Å². The average Bonchev–Trinajstić information content (AvgIpc) is 2.73. The van der Waals surface area contributed by atoms with Crippen molar-refractivity contribution in [3.8, 4) is 0 Å². The minimum Gasteiger partial charge on any atom is -0.378 e. The maximum absolute atomic E-state index is 13.2. The molecule has 0 bridgehead atoms. The van der Waals surface area contributed by atoms with Gasteiger partial charge in [0.1, 0.15) is 0 Å². The standard InChI is InChI=1S/C21H26N4O5S/c1-14-12-15(4-6-17(14)20(22)26)23-21(27)18-13-16(31(28,29)24(2)3)5-7-19(18)25-8-10-30-11-9-25/h4-7,12-13H,8-11H2,1-3H3,(H2,22,26)(H,23,27). The lowest BCUT2D eigenvalue weighted by atomic mass is 10.1. The van der Waals surface area contributed by atoms with E-state index in [1.54, 1.807) is 31.2 Å². The second-order valence-corrected chi connectivity index (χ2v) is 9.57. The van der Waals surface area contributed by atoms with Crippen LogP contribution in [0.4, 0.5) is 11.4 Å². The minimum atomic E-state index is -3.72. The number of hydrogen-bond donors (Lipinski definition) is 2. The third-order valence-electron chi connectivity index (χ3n) is 5.09. The Morgan fingerprint density at radius 1 is 1.06 bits per heavy atom. The van der Waals surface area contributed by atoms with Crippen LogP contribution in [0.25, 0.3) is 0 Å². The number of aryl methyl sites for hydroxylation is 1. The van der Waals surface area contributed by atoms with Crippen LogP contribution >= 0.6 is 0 Å². The van der Waals surface area contributed by atoms with Gasteiger partial charge < -0.3 is 20.7 Å². The van der Waals surface area contributed by atoms with Gasteiger partial charge in [-0.2, -0.15) is 0 Å². The fourth-order valence-electron chi connectivity index (χ4n) is 3.36. The van der Waals surface area contributed by atoms with E-state index in [0.717, 1.165) is 4.31 Å². The second kappa shape index (κ2) is 9.04. The number of rotatable bonds is 6. The van der Waals surface area contributed by atoms with E-state index in [4.69, 9.17) is 10.5 Å². The number of amides is 2. The van der Waals surface area contributed by atoms with Gasteiger partial charge in [-0.3, -0.25) is 9.59 Å². The summed E-state index contributed by atoms with van der Waals surface area (Å²) in [6, 6.07) is 9.32. The van der Waals surface area contributed by atoms with Crippen LogP contribution in [-0.4, -0.2) is 64.9 Å². The number of nitrogens with one attached hydrogen (secondary N) is 1. The Kier molecular flexibility index (Phi) is 6.63. The number of nitrogens with zero attached hydrogens (tertiary/aromatic N) is 2. The molecule has 2 aromatic rings. The molecule has 0 saturated carbocycles. The molecule has 0 radical (unpaired) electrons. The number of carbonyl (C=O) groups excluding carboxylic acids is 2. The number of morpholine rings is 1. The highest BCUT2D eigenvalue weighted by Crippen LogP contribution is 2.27. The Balaban J connectivity index is 2.00. The van der Waals surface area contributed by atoms with Crippen molar-refractivity contribution in [1.82, 2.24) is 4.31 Å². The molecule has 1 aliphatic rings. The van der Waals surface area contributed by atoms with E-state index < -0.39 is 21.8 Å². The lowest BCUT2D eigenvalue weighted by Gasteiger charge is -2.30. The summed E-state index contributed by atoms with van der Waals surface area (Å²) >= 11 is 0. The molecule has 0 atom stereocenters. The summed E-state index contributed by atoms with van der Waals surface area (Å²) in [5.74, 6) is -1.00. The maximum Gasteiger partial charge on any atom is 0.257 e. The van der Waals surface area contributed by atoms with Crippen molar-refractivity contribution < 1.29 is 22.7 Å². The molecule has 9 nitrogen and oxygen atoms in total. The van der Waals surface area contributed by atoms with Crippen molar-refractivity contribution in [2.75, 3.05) is 50.6 Å². The summed E-state index contributed by atoms with van der Waals surface area (Å²) in [5.41, 5.74) is 7.67. The van der Waals surface area contributed by atoms with E-state index in [1.807, 2.05) is 4.90 Å². The number of benzene rings is 2. The van der Waals surface area contributed by atoms with Crippen molar-refractivity contribution in [2.24, 2.45) is 5.73 Å². The molecule has 1 aliphatic heterocycles. The van der Waals surface area contributed by atoms with Crippen molar-refractivity contribution in [1.29, 1.82) is 0 Å². The van der Waals surface area contributed by atoms with Crippen molar-refractivity contribution in [3.05, 3.63) is 53.1 Å². The smallest absolute Gasteiger partial charge is 0.257 e. The SMILES string of the molecule is Cc1cc(NC(=O)c2cc(S(=O)(=O)N(C)C)ccc2N2CCOCC2)ccc1C(N)=O. The van der Waals surface area contributed by atoms with Crippen LogP contribution < -0.4 is 16.0 Å². The molecule has 166 valence electrons. The van der Waals surface area contributed by atoms with Crippen molar-refractivity contribution in [2.45, 2.75) is 11.8 Å². The quantitative estimate of drug-likeness (QED) is 0.692. The Bertz CT molecular complexity index is 1110. The van der Waals surface area contributed by atoms with Gasteiger partial charge in [-0.25, -0.2) is 12.7 Å². The van der Waals surface area contributed by atoms with Gasteiger partial charge in [0.05, 0.1) is 23.7 Å². The highest BCUT2D eigenvalue weighted by molar-refractivity contribution is 7.89. The van der Waals surface area contributed by atoms with Gasteiger partial charge in [0.15, 0.2) is 0 Å². The molecule has 1 saturated heterocycles. The molecule has 1 heterocycles. The summed E-state index contributed by atoms with van der Waals surface area (Å²) in [6.45, 7) is 3.94. The Labute approximate surface area is 181 Å². The van der Waals surface area contributed by atoms with Gasteiger partial charge >= 0.3 is 0 Å². The molecule has 3 N–H and O–H groups in total. The molecule has 0 spiro atoms. The second-order valence-electron chi connectivity index (χ2n) is 7.41. The largest absolute Gasteiger partial charge is 0.378 e. The van der Waals surface area contributed by atoms with Crippen LogP contribution in [0.15, 0.2) is 41.3 Å². The Morgan fingerprint density at radius 3 is 2.32 bits per heavy atom. The van der Waals surface area contributed by atoms with E-state index in [2.05, 4.69) is 5.32 Å². The number of carbonyl (C=O) groups is 2. The molecule has 3 rings (SSSR count). The lowest BCUT2D eigenvalue weighted by molar-refractivity contribution is 0.0997. The molecule has 2 aromatic carbocycles. The predicted molar refractivity (Wildman–Crippen MR) is 118 cm³/mol. The number of nitrogens with two attached hydrogens (primary N) is 1. The number of hydrogen-bond acceptors (Lipinski definition) is 6. The van der Waals surface area contributed by atoms with Gasteiger partial charge in [-0.05, 0) is 48.9 Å². The molecule has 1 fully saturated rings. The number of anilines is 2. The van der Waals surface area contributed by atoms with E-state index in [-0.39, 0.29) is 10.5 Å².